The van der Waals surface area contributed by atoms with Gasteiger partial charge in [-0.1, -0.05) is 18.6 Å². The highest BCUT2D eigenvalue weighted by atomic mass is 16.6. The summed E-state index contributed by atoms with van der Waals surface area (Å²) >= 11 is 0. The van der Waals surface area contributed by atoms with E-state index in [0.717, 1.165) is 42.3 Å². The average molecular weight is 432 g/mol. The highest BCUT2D eigenvalue weighted by Crippen LogP contribution is 2.40. The van der Waals surface area contributed by atoms with E-state index in [1.807, 2.05) is 35.8 Å². The zero-order chi connectivity index (χ0) is 22.2. The quantitative estimate of drug-likeness (QED) is 0.349. The summed E-state index contributed by atoms with van der Waals surface area (Å²) in [7, 11) is 0. The number of carbonyl (C=O) groups is 1. The molecule has 5 rings (SSSR count). The number of nitro groups is 1. The van der Waals surface area contributed by atoms with Crippen molar-refractivity contribution in [1.29, 1.82) is 0 Å². The number of hydrogen-bond acceptors (Lipinski definition) is 6. The maximum atomic E-state index is 13.4. The first kappa shape index (κ1) is 20.2. The van der Waals surface area contributed by atoms with Crippen LogP contribution in [0.25, 0.3) is 11.0 Å². The molecule has 8 nitrogen and oxygen atoms in total. The van der Waals surface area contributed by atoms with Gasteiger partial charge in [0, 0.05) is 17.8 Å². The number of nitrogens with one attached hydrogen (secondary N) is 1. The van der Waals surface area contributed by atoms with E-state index in [2.05, 4.69) is 5.32 Å². The van der Waals surface area contributed by atoms with Gasteiger partial charge in [0.15, 0.2) is 0 Å². The summed E-state index contributed by atoms with van der Waals surface area (Å²) in [5.41, 5.74) is 3.62. The van der Waals surface area contributed by atoms with Gasteiger partial charge in [-0.25, -0.2) is 9.78 Å². The predicted molar refractivity (Wildman–Crippen MR) is 120 cm³/mol. The fraction of sp³-hybridized carbons (Fsp3) is 0.333. The van der Waals surface area contributed by atoms with Crippen LogP contribution >= 0.6 is 0 Å². The van der Waals surface area contributed by atoms with Crippen LogP contribution in [0.5, 0.6) is 0 Å². The smallest absolute Gasteiger partial charge is 0.338 e. The fourth-order valence-corrected chi connectivity index (χ4v) is 4.72. The maximum Gasteiger partial charge on any atom is 0.338 e. The van der Waals surface area contributed by atoms with E-state index in [9.17, 15) is 14.9 Å². The number of nitrogens with zero attached hydrogens (tertiary/aromatic N) is 3. The van der Waals surface area contributed by atoms with Gasteiger partial charge in [0.05, 0.1) is 27.6 Å². The molecule has 0 amide bonds. The van der Waals surface area contributed by atoms with Crippen molar-refractivity contribution in [3.63, 3.8) is 0 Å². The lowest BCUT2D eigenvalue weighted by atomic mass is 9.94. The number of rotatable bonds is 4. The van der Waals surface area contributed by atoms with Crippen molar-refractivity contribution in [2.45, 2.75) is 51.2 Å². The number of benzene rings is 2. The van der Waals surface area contributed by atoms with Crippen molar-refractivity contribution >= 4 is 28.6 Å². The van der Waals surface area contributed by atoms with Gasteiger partial charge in [-0.15, -0.1) is 0 Å². The number of fused-ring (bicyclic) bond motifs is 3. The number of nitro benzene ring substituents is 1. The number of non-ortho nitro benzene ring substituents is 1. The number of ether oxygens (including phenoxy) is 1. The van der Waals surface area contributed by atoms with Gasteiger partial charge in [0.2, 0.25) is 5.95 Å². The van der Waals surface area contributed by atoms with Crippen LogP contribution in [0.3, 0.4) is 0 Å². The Morgan fingerprint density at radius 2 is 1.84 bits per heavy atom. The Balaban J connectivity index is 1.61. The Hall–Kier alpha value is -3.68. The third-order valence-corrected chi connectivity index (χ3v) is 6.30. The first-order chi connectivity index (χ1) is 15.5. The van der Waals surface area contributed by atoms with Crippen molar-refractivity contribution in [3.8, 4) is 0 Å². The van der Waals surface area contributed by atoms with Crippen molar-refractivity contribution in [2.24, 2.45) is 0 Å². The van der Waals surface area contributed by atoms with Gasteiger partial charge < -0.3 is 10.1 Å². The monoisotopic (exact) mass is 432 g/mol. The number of anilines is 1. The van der Waals surface area contributed by atoms with E-state index in [1.165, 1.54) is 18.6 Å². The first-order valence-electron chi connectivity index (χ1n) is 10.9. The predicted octanol–water partition coefficient (Wildman–Crippen LogP) is 5.11. The third kappa shape index (κ3) is 3.51. The normalized spacial score (nSPS) is 18.8. The number of aromatic nitrogens is 2. The van der Waals surface area contributed by atoms with Gasteiger partial charge >= 0.3 is 5.97 Å². The topological polar surface area (TPSA) is 99.3 Å². The molecule has 1 aliphatic heterocycles. The van der Waals surface area contributed by atoms with Crippen LogP contribution in [0.2, 0.25) is 0 Å². The molecular formula is C24H24N4O4. The molecule has 1 atom stereocenters. The minimum absolute atomic E-state index is 0.00503. The second-order valence-corrected chi connectivity index (χ2v) is 8.37. The average Bonchev–Trinajstić information content (AvgIpc) is 3.16. The van der Waals surface area contributed by atoms with Gasteiger partial charge in [-0.2, -0.15) is 0 Å². The van der Waals surface area contributed by atoms with Crippen molar-refractivity contribution < 1.29 is 14.5 Å². The van der Waals surface area contributed by atoms with Crippen LogP contribution in [0.4, 0.5) is 11.6 Å². The summed E-state index contributed by atoms with van der Waals surface area (Å²) in [5, 5.41) is 14.4. The van der Waals surface area contributed by atoms with E-state index >= 15 is 0 Å². The molecule has 1 saturated carbocycles. The minimum atomic E-state index is -0.504. The molecule has 2 heterocycles. The molecule has 1 fully saturated rings. The Kier molecular flexibility index (Phi) is 5.13. The van der Waals surface area contributed by atoms with E-state index in [1.54, 1.807) is 12.1 Å². The van der Waals surface area contributed by atoms with Crippen molar-refractivity contribution in [3.05, 3.63) is 75.5 Å². The largest absolute Gasteiger partial charge is 0.459 e. The summed E-state index contributed by atoms with van der Waals surface area (Å²) in [6.07, 6.45) is 5.00. The van der Waals surface area contributed by atoms with E-state index in [0.29, 0.717) is 17.2 Å². The zero-order valence-electron chi connectivity index (χ0n) is 17.8. The summed E-state index contributed by atoms with van der Waals surface area (Å²) < 4.78 is 7.91. The van der Waals surface area contributed by atoms with E-state index in [-0.39, 0.29) is 17.8 Å². The van der Waals surface area contributed by atoms with Crippen LogP contribution in [-0.4, -0.2) is 26.5 Å². The summed E-state index contributed by atoms with van der Waals surface area (Å²) in [4.78, 5) is 28.9. The molecule has 0 spiro atoms. The Labute approximate surface area is 185 Å². The Bertz CT molecular complexity index is 1220. The Morgan fingerprint density at radius 1 is 1.12 bits per heavy atom. The molecule has 0 unspecified atom stereocenters. The third-order valence-electron chi connectivity index (χ3n) is 6.30. The van der Waals surface area contributed by atoms with Gasteiger partial charge in [0.25, 0.3) is 5.69 Å². The highest BCUT2D eigenvalue weighted by Gasteiger charge is 2.36. The van der Waals surface area contributed by atoms with Crippen LogP contribution in [0.15, 0.2) is 59.8 Å². The summed E-state index contributed by atoms with van der Waals surface area (Å²) in [6.45, 7) is 1.85. The second-order valence-electron chi connectivity index (χ2n) is 8.37. The lowest BCUT2D eigenvalue weighted by Crippen LogP contribution is -2.31. The number of esters is 1. The SMILES string of the molecule is CC1=C(C(=O)OC2CCCCC2)[C@@H](c2ccc([N+](=O)[O-])cc2)n2c(nc3ccccc32)N1. The number of carbonyl (C=O) groups excluding carboxylic acids is 1. The molecule has 2 aromatic carbocycles. The number of hydrogen-bond donors (Lipinski definition) is 1. The van der Waals surface area contributed by atoms with Gasteiger partial charge in [-0.05, 0) is 62.4 Å². The minimum Gasteiger partial charge on any atom is -0.459 e. The lowest BCUT2D eigenvalue weighted by molar-refractivity contribution is -0.384. The van der Waals surface area contributed by atoms with Gasteiger partial charge in [-0.3, -0.25) is 14.7 Å². The molecule has 32 heavy (non-hydrogen) atoms. The zero-order valence-corrected chi connectivity index (χ0v) is 17.8. The molecule has 0 bridgehead atoms. The highest BCUT2D eigenvalue weighted by molar-refractivity contribution is 5.94. The molecule has 164 valence electrons. The molecule has 1 aliphatic carbocycles. The lowest BCUT2D eigenvalue weighted by Gasteiger charge is -2.31. The molecule has 0 saturated heterocycles. The van der Waals surface area contributed by atoms with Crippen molar-refractivity contribution in [1.82, 2.24) is 9.55 Å². The van der Waals surface area contributed by atoms with Crippen LogP contribution < -0.4 is 5.32 Å². The van der Waals surface area contributed by atoms with Gasteiger partial charge in [0.1, 0.15) is 6.10 Å². The molecular weight excluding hydrogens is 408 g/mol. The maximum absolute atomic E-state index is 13.4. The molecule has 8 heteroatoms. The van der Waals surface area contributed by atoms with Crippen LogP contribution in [-0.2, 0) is 9.53 Å². The number of para-hydroxylation sites is 2. The molecule has 3 aromatic rings. The molecule has 1 aromatic heterocycles. The number of allylic oxidation sites excluding steroid dienone is 1. The molecule has 0 radical (unpaired) electrons. The summed E-state index contributed by atoms with van der Waals surface area (Å²) in [6, 6.07) is 13.6. The molecule has 2 aliphatic rings. The fourth-order valence-electron chi connectivity index (χ4n) is 4.72. The van der Waals surface area contributed by atoms with Crippen LogP contribution in [0.1, 0.15) is 50.6 Å². The Morgan fingerprint density at radius 3 is 2.56 bits per heavy atom. The second kappa shape index (κ2) is 8.11. The van der Waals surface area contributed by atoms with E-state index < -0.39 is 11.0 Å². The van der Waals surface area contributed by atoms with E-state index in [4.69, 9.17) is 9.72 Å². The number of imidazole rings is 1. The first-order valence-corrected chi connectivity index (χ1v) is 10.9. The standard InChI is InChI=1S/C24H24N4O4/c1-15-21(23(29)32-18-7-3-2-4-8-18)22(16-11-13-17(14-12-16)28(30)31)27-20-10-6-5-9-19(20)26-24(27)25-15/h5-6,9-14,18,22H,2-4,7-8H2,1H3,(H,25,26)/t22-/m1/s1. The summed E-state index contributed by atoms with van der Waals surface area (Å²) in [5.74, 6) is 0.273. The van der Waals surface area contributed by atoms with Crippen LogP contribution in [0, 0.1) is 10.1 Å². The van der Waals surface area contributed by atoms with Crippen molar-refractivity contribution in [2.75, 3.05) is 5.32 Å². The molecule has 1 N–H and O–H groups in total.